The van der Waals surface area contributed by atoms with E-state index in [1.54, 1.807) is 0 Å². The van der Waals surface area contributed by atoms with Gasteiger partial charge in [-0.05, 0) is 50.6 Å². The summed E-state index contributed by atoms with van der Waals surface area (Å²) in [5.41, 5.74) is 3.36. The summed E-state index contributed by atoms with van der Waals surface area (Å²) in [5, 5.41) is 3.18. The van der Waals surface area contributed by atoms with Crippen LogP contribution in [-0.2, 0) is 18.4 Å². The summed E-state index contributed by atoms with van der Waals surface area (Å²) in [6.07, 6.45) is 1.80. The summed E-state index contributed by atoms with van der Waals surface area (Å²) < 4.78 is 2.18. The number of aromatic nitrogens is 2. The lowest BCUT2D eigenvalue weighted by molar-refractivity contribution is -0.127. The largest absolute Gasteiger partial charge is 0.349 e. The smallest absolute Gasteiger partial charge is 0.223 e. The molecule has 0 radical (unpaired) electrons. The van der Waals surface area contributed by atoms with Gasteiger partial charge in [0.2, 0.25) is 5.91 Å². The summed E-state index contributed by atoms with van der Waals surface area (Å²) >= 11 is 0. The minimum atomic E-state index is 0.0479. The Morgan fingerprint density at radius 2 is 1.79 bits per heavy atom. The molecule has 0 aliphatic carbocycles. The maximum Gasteiger partial charge on any atom is 0.223 e. The molecule has 28 heavy (non-hydrogen) atoms. The second-order valence-electron chi connectivity index (χ2n) is 7.77. The first-order valence-corrected chi connectivity index (χ1v) is 10.1. The third kappa shape index (κ3) is 3.94. The zero-order chi connectivity index (χ0) is 19.5. The molecule has 1 atom stereocenters. The minimum Gasteiger partial charge on any atom is -0.349 e. The number of benzene rings is 2. The lowest BCUT2D eigenvalue weighted by Gasteiger charge is -2.31. The lowest BCUT2D eigenvalue weighted by atomic mass is 9.95. The topological polar surface area (TPSA) is 50.2 Å². The van der Waals surface area contributed by atoms with Gasteiger partial charge in [-0.15, -0.1) is 0 Å². The molecule has 2 aromatic carbocycles. The van der Waals surface area contributed by atoms with Gasteiger partial charge in [-0.25, -0.2) is 4.98 Å². The second-order valence-corrected chi connectivity index (χ2v) is 7.77. The monoisotopic (exact) mass is 376 g/mol. The Morgan fingerprint density at radius 3 is 2.50 bits per heavy atom. The molecule has 2 heterocycles. The Balaban J connectivity index is 1.31. The minimum absolute atomic E-state index is 0.0479. The van der Waals surface area contributed by atoms with Crippen molar-refractivity contribution < 1.29 is 4.79 Å². The first-order valence-electron chi connectivity index (χ1n) is 10.1. The summed E-state index contributed by atoms with van der Waals surface area (Å²) in [6, 6.07) is 18.4. The van der Waals surface area contributed by atoms with Crippen LogP contribution >= 0.6 is 0 Å². The van der Waals surface area contributed by atoms with Crippen LogP contribution in [0.4, 0.5) is 0 Å². The van der Waals surface area contributed by atoms with Crippen LogP contribution in [0.1, 0.15) is 37.2 Å². The van der Waals surface area contributed by atoms with Gasteiger partial charge < -0.3 is 9.88 Å². The number of aryl methyl sites for hydroxylation is 1. The second kappa shape index (κ2) is 8.15. The number of rotatable bonds is 5. The van der Waals surface area contributed by atoms with Gasteiger partial charge in [-0.1, -0.05) is 42.5 Å². The number of imidazole rings is 1. The van der Waals surface area contributed by atoms with Gasteiger partial charge in [-0.2, -0.15) is 0 Å². The Labute approximate surface area is 166 Å². The van der Waals surface area contributed by atoms with Gasteiger partial charge in [-0.3, -0.25) is 9.69 Å². The van der Waals surface area contributed by atoms with Crippen molar-refractivity contribution in [3.05, 3.63) is 66.0 Å². The average Bonchev–Trinajstić information content (AvgIpc) is 3.05. The maximum absolute atomic E-state index is 12.7. The van der Waals surface area contributed by atoms with Crippen LogP contribution in [0.2, 0.25) is 0 Å². The molecular weight excluding hydrogens is 348 g/mol. The van der Waals surface area contributed by atoms with Crippen molar-refractivity contribution in [3.63, 3.8) is 0 Å². The molecule has 1 aliphatic heterocycles. The van der Waals surface area contributed by atoms with E-state index >= 15 is 0 Å². The standard InChI is InChI=1S/C23H28N4O/c1-17(18-8-4-3-5-9-18)24-23(28)19-12-14-27(15-13-19)16-22-25-20-10-6-7-11-21(20)26(22)2/h3-11,17,19H,12-16H2,1-2H3,(H,24,28)/t17-/m0/s1. The number of carbonyl (C=O) groups is 1. The number of carbonyl (C=O) groups excluding carboxylic acids is 1. The van der Waals surface area contributed by atoms with Gasteiger partial charge in [0.1, 0.15) is 5.82 Å². The van der Waals surface area contributed by atoms with E-state index in [-0.39, 0.29) is 17.9 Å². The van der Waals surface area contributed by atoms with Crippen molar-refractivity contribution in [1.82, 2.24) is 19.8 Å². The van der Waals surface area contributed by atoms with Gasteiger partial charge in [0.05, 0.1) is 23.6 Å². The van der Waals surface area contributed by atoms with E-state index in [4.69, 9.17) is 4.98 Å². The Bertz CT molecular complexity index is 942. The first kappa shape index (κ1) is 18.7. The number of amides is 1. The van der Waals surface area contributed by atoms with Crippen LogP contribution in [0.25, 0.3) is 11.0 Å². The number of fused-ring (bicyclic) bond motifs is 1. The molecule has 1 aromatic heterocycles. The van der Waals surface area contributed by atoms with E-state index in [9.17, 15) is 4.79 Å². The third-order valence-corrected chi connectivity index (χ3v) is 5.86. The molecule has 0 saturated carbocycles. The number of hydrogen-bond donors (Lipinski definition) is 1. The molecule has 1 saturated heterocycles. The Morgan fingerprint density at radius 1 is 1.11 bits per heavy atom. The molecule has 0 spiro atoms. The molecule has 0 unspecified atom stereocenters. The number of piperidine rings is 1. The Kier molecular flexibility index (Phi) is 5.44. The third-order valence-electron chi connectivity index (χ3n) is 5.86. The van der Waals surface area contributed by atoms with E-state index in [0.29, 0.717) is 0 Å². The summed E-state index contributed by atoms with van der Waals surface area (Å²) in [7, 11) is 2.08. The number of para-hydroxylation sites is 2. The van der Waals surface area contributed by atoms with Crippen molar-refractivity contribution in [2.45, 2.75) is 32.4 Å². The molecule has 1 amide bonds. The van der Waals surface area contributed by atoms with Gasteiger partial charge in [0.15, 0.2) is 0 Å². The van der Waals surface area contributed by atoms with Crippen LogP contribution < -0.4 is 5.32 Å². The van der Waals surface area contributed by atoms with Gasteiger partial charge in [0.25, 0.3) is 0 Å². The molecule has 146 valence electrons. The van der Waals surface area contributed by atoms with Crippen molar-refractivity contribution in [3.8, 4) is 0 Å². The molecule has 3 aromatic rings. The van der Waals surface area contributed by atoms with E-state index < -0.39 is 0 Å². The van der Waals surface area contributed by atoms with Crippen LogP contribution in [0.15, 0.2) is 54.6 Å². The Hall–Kier alpha value is -2.66. The van der Waals surface area contributed by atoms with Crippen molar-refractivity contribution in [2.24, 2.45) is 13.0 Å². The zero-order valence-corrected chi connectivity index (χ0v) is 16.6. The van der Waals surface area contributed by atoms with Gasteiger partial charge in [0, 0.05) is 13.0 Å². The van der Waals surface area contributed by atoms with Crippen molar-refractivity contribution in [2.75, 3.05) is 13.1 Å². The predicted molar refractivity (Wildman–Crippen MR) is 112 cm³/mol. The van der Waals surface area contributed by atoms with E-state index in [0.717, 1.165) is 49.4 Å². The molecule has 0 bridgehead atoms. The predicted octanol–water partition coefficient (Wildman–Crippen LogP) is 3.66. The molecule has 1 aliphatic rings. The highest BCUT2D eigenvalue weighted by Gasteiger charge is 2.26. The fourth-order valence-corrected chi connectivity index (χ4v) is 4.05. The lowest BCUT2D eigenvalue weighted by Crippen LogP contribution is -2.41. The fourth-order valence-electron chi connectivity index (χ4n) is 4.05. The summed E-state index contributed by atoms with van der Waals surface area (Å²) in [5.74, 6) is 1.36. The van der Waals surface area contributed by atoms with Crippen LogP contribution in [0.5, 0.6) is 0 Å². The normalized spacial score (nSPS) is 16.9. The molecule has 1 N–H and O–H groups in total. The van der Waals surface area contributed by atoms with Crippen molar-refractivity contribution in [1.29, 1.82) is 0 Å². The van der Waals surface area contributed by atoms with E-state index in [1.165, 1.54) is 5.52 Å². The number of nitrogens with zero attached hydrogens (tertiary/aromatic N) is 3. The number of nitrogens with one attached hydrogen (secondary N) is 1. The molecule has 5 nitrogen and oxygen atoms in total. The quantitative estimate of drug-likeness (QED) is 0.739. The number of hydrogen-bond acceptors (Lipinski definition) is 3. The van der Waals surface area contributed by atoms with Crippen LogP contribution in [0, 0.1) is 5.92 Å². The summed E-state index contributed by atoms with van der Waals surface area (Å²) in [6.45, 7) is 4.75. The van der Waals surface area contributed by atoms with E-state index in [1.807, 2.05) is 37.3 Å². The van der Waals surface area contributed by atoms with Crippen molar-refractivity contribution >= 4 is 16.9 Å². The zero-order valence-electron chi connectivity index (χ0n) is 16.6. The SMILES string of the molecule is C[C@H](NC(=O)C1CCN(Cc2nc3ccccc3n2C)CC1)c1ccccc1. The fraction of sp³-hybridized carbons (Fsp3) is 0.391. The number of likely N-dealkylation sites (tertiary alicyclic amines) is 1. The molecule has 5 heteroatoms. The molecular formula is C23H28N4O. The highest BCUT2D eigenvalue weighted by Crippen LogP contribution is 2.22. The molecule has 1 fully saturated rings. The van der Waals surface area contributed by atoms with Crippen LogP contribution in [-0.4, -0.2) is 33.4 Å². The molecule has 4 rings (SSSR count). The average molecular weight is 377 g/mol. The maximum atomic E-state index is 12.7. The highest BCUT2D eigenvalue weighted by atomic mass is 16.1. The van der Waals surface area contributed by atoms with Crippen LogP contribution in [0.3, 0.4) is 0 Å². The highest BCUT2D eigenvalue weighted by molar-refractivity contribution is 5.79. The van der Waals surface area contributed by atoms with E-state index in [2.05, 4.69) is 46.1 Å². The summed E-state index contributed by atoms with van der Waals surface area (Å²) in [4.78, 5) is 19.9. The van der Waals surface area contributed by atoms with Gasteiger partial charge >= 0.3 is 0 Å². The first-order chi connectivity index (χ1) is 13.6.